The highest BCUT2D eigenvalue weighted by atomic mass is 16.7. The van der Waals surface area contributed by atoms with Crippen molar-refractivity contribution in [2.75, 3.05) is 0 Å². The molecule has 3 unspecified atom stereocenters. The van der Waals surface area contributed by atoms with Gasteiger partial charge in [0.25, 0.3) is 0 Å². The minimum Gasteiger partial charge on any atom is -0.479 e. The predicted molar refractivity (Wildman–Crippen MR) is 50.5 cm³/mol. The minimum atomic E-state index is -1.68. The number of rotatable bonds is 3. The van der Waals surface area contributed by atoms with Gasteiger partial charge in [-0.05, 0) is 13.8 Å². The van der Waals surface area contributed by atoms with Crippen LogP contribution in [0.3, 0.4) is 0 Å². The van der Waals surface area contributed by atoms with E-state index in [0.29, 0.717) is 0 Å². The third kappa shape index (κ3) is 2.69. The molecule has 0 aromatic rings. The summed E-state index contributed by atoms with van der Waals surface area (Å²) in [5.41, 5.74) is 0. The van der Waals surface area contributed by atoms with Crippen LogP contribution in [0.25, 0.3) is 0 Å². The van der Waals surface area contributed by atoms with Gasteiger partial charge in [0.05, 0.1) is 6.10 Å². The fourth-order valence-electron chi connectivity index (χ4n) is 1.43. The Balaban J connectivity index is 2.77. The smallest absolute Gasteiger partial charge is 0.335 e. The Hall–Kier alpha value is -0.730. The summed E-state index contributed by atoms with van der Waals surface area (Å²) >= 11 is 0. The molecular formula is C9H16O7. The van der Waals surface area contributed by atoms with Crippen molar-refractivity contribution in [3.05, 3.63) is 0 Å². The maximum Gasteiger partial charge on any atom is 0.335 e. The Kier molecular flexibility index (Phi) is 4.22. The zero-order valence-corrected chi connectivity index (χ0v) is 8.98. The van der Waals surface area contributed by atoms with Gasteiger partial charge in [0.1, 0.15) is 18.3 Å². The molecular weight excluding hydrogens is 220 g/mol. The number of carbonyl (C=O) groups is 1. The van der Waals surface area contributed by atoms with Crippen LogP contribution >= 0.6 is 0 Å². The van der Waals surface area contributed by atoms with Gasteiger partial charge in [-0.3, -0.25) is 0 Å². The highest BCUT2D eigenvalue weighted by molar-refractivity contribution is 5.73. The van der Waals surface area contributed by atoms with Gasteiger partial charge < -0.3 is 29.9 Å². The maximum atomic E-state index is 10.7. The van der Waals surface area contributed by atoms with Crippen molar-refractivity contribution < 1.29 is 34.7 Å². The highest BCUT2D eigenvalue weighted by Gasteiger charge is 2.47. The molecule has 0 bridgehead atoms. The first kappa shape index (κ1) is 13.3. The van der Waals surface area contributed by atoms with Crippen molar-refractivity contribution in [3.8, 4) is 0 Å². The van der Waals surface area contributed by atoms with Gasteiger partial charge in [0, 0.05) is 0 Å². The fourth-order valence-corrected chi connectivity index (χ4v) is 1.43. The van der Waals surface area contributed by atoms with Crippen LogP contribution in [-0.4, -0.2) is 63.2 Å². The molecule has 7 nitrogen and oxygen atoms in total. The Morgan fingerprint density at radius 1 is 1.19 bits per heavy atom. The molecule has 0 spiro atoms. The maximum absolute atomic E-state index is 10.7. The average molecular weight is 236 g/mol. The number of ether oxygens (including phenoxy) is 2. The van der Waals surface area contributed by atoms with Gasteiger partial charge in [-0.1, -0.05) is 0 Å². The summed E-state index contributed by atoms with van der Waals surface area (Å²) in [7, 11) is 0. The molecule has 0 aromatic carbocycles. The normalized spacial score (nSPS) is 40.0. The van der Waals surface area contributed by atoms with E-state index in [0.717, 1.165) is 0 Å². The summed E-state index contributed by atoms with van der Waals surface area (Å²) in [5.74, 6) is -1.42. The van der Waals surface area contributed by atoms with Crippen LogP contribution in [0, 0.1) is 0 Å². The second-order valence-electron chi connectivity index (χ2n) is 3.92. The van der Waals surface area contributed by atoms with E-state index in [1.165, 1.54) is 0 Å². The van der Waals surface area contributed by atoms with Crippen molar-refractivity contribution in [2.24, 2.45) is 0 Å². The molecule has 0 aliphatic carbocycles. The van der Waals surface area contributed by atoms with E-state index in [9.17, 15) is 20.1 Å². The number of aliphatic hydroxyl groups is 3. The number of aliphatic carboxylic acids is 1. The summed E-state index contributed by atoms with van der Waals surface area (Å²) in [6.45, 7) is 3.34. The molecule has 1 aliphatic heterocycles. The topological polar surface area (TPSA) is 116 Å². The fraction of sp³-hybridized carbons (Fsp3) is 0.889. The molecule has 1 saturated heterocycles. The molecule has 1 fully saturated rings. The Bertz CT molecular complexity index is 254. The SMILES string of the molecule is CC(C)O[C@@H]1OC(C(=O)O)[C@@H](O)C(O)C1O. The van der Waals surface area contributed by atoms with Crippen molar-refractivity contribution in [1.29, 1.82) is 0 Å². The van der Waals surface area contributed by atoms with Crippen molar-refractivity contribution in [3.63, 3.8) is 0 Å². The molecule has 0 aromatic heterocycles. The zero-order chi connectivity index (χ0) is 12.5. The molecule has 0 saturated carbocycles. The molecule has 16 heavy (non-hydrogen) atoms. The lowest BCUT2D eigenvalue weighted by atomic mass is 9.99. The van der Waals surface area contributed by atoms with E-state index < -0.39 is 36.7 Å². The Labute approximate surface area is 92.2 Å². The van der Waals surface area contributed by atoms with E-state index in [-0.39, 0.29) is 6.10 Å². The van der Waals surface area contributed by atoms with Gasteiger partial charge >= 0.3 is 5.97 Å². The van der Waals surface area contributed by atoms with Gasteiger partial charge in [0.2, 0.25) is 0 Å². The van der Waals surface area contributed by atoms with E-state index in [1.807, 2.05) is 0 Å². The largest absolute Gasteiger partial charge is 0.479 e. The first-order valence-corrected chi connectivity index (χ1v) is 4.92. The average Bonchev–Trinajstić information content (AvgIpc) is 2.18. The lowest BCUT2D eigenvalue weighted by molar-refractivity contribution is -0.301. The molecule has 0 amide bonds. The number of hydrogen-bond acceptors (Lipinski definition) is 6. The molecule has 7 heteroatoms. The van der Waals surface area contributed by atoms with E-state index >= 15 is 0 Å². The lowest BCUT2D eigenvalue weighted by Gasteiger charge is -2.39. The quantitative estimate of drug-likeness (QED) is 0.461. The Morgan fingerprint density at radius 2 is 1.75 bits per heavy atom. The summed E-state index contributed by atoms with van der Waals surface area (Å²) in [5, 5.41) is 37.0. The van der Waals surface area contributed by atoms with Crippen LogP contribution in [0.4, 0.5) is 0 Å². The van der Waals surface area contributed by atoms with Crippen molar-refractivity contribution in [1.82, 2.24) is 0 Å². The number of aliphatic hydroxyl groups excluding tert-OH is 3. The standard InChI is InChI=1S/C9H16O7/c1-3(2)15-9-6(12)4(10)5(11)7(16-9)8(13)14/h3-7,9-12H,1-2H3,(H,13,14)/t4?,5-,6?,7?,9+/m0/s1. The van der Waals surface area contributed by atoms with Crippen LogP contribution in [0.2, 0.25) is 0 Å². The van der Waals surface area contributed by atoms with Gasteiger partial charge in [-0.15, -0.1) is 0 Å². The van der Waals surface area contributed by atoms with Crippen LogP contribution in [0.15, 0.2) is 0 Å². The van der Waals surface area contributed by atoms with Crippen LogP contribution < -0.4 is 0 Å². The second-order valence-corrected chi connectivity index (χ2v) is 3.92. The lowest BCUT2D eigenvalue weighted by Crippen LogP contribution is -2.60. The third-order valence-electron chi connectivity index (χ3n) is 2.22. The van der Waals surface area contributed by atoms with E-state index in [4.69, 9.17) is 14.6 Å². The minimum absolute atomic E-state index is 0.309. The van der Waals surface area contributed by atoms with Crippen LogP contribution in [0.1, 0.15) is 13.8 Å². The van der Waals surface area contributed by atoms with Crippen LogP contribution in [-0.2, 0) is 14.3 Å². The van der Waals surface area contributed by atoms with Gasteiger partial charge in [-0.25, -0.2) is 4.79 Å². The van der Waals surface area contributed by atoms with Crippen molar-refractivity contribution in [2.45, 2.75) is 50.7 Å². The second kappa shape index (κ2) is 5.07. The highest BCUT2D eigenvalue weighted by Crippen LogP contribution is 2.23. The summed E-state index contributed by atoms with van der Waals surface area (Å²) in [4.78, 5) is 10.7. The Morgan fingerprint density at radius 3 is 2.19 bits per heavy atom. The molecule has 5 atom stereocenters. The summed E-state index contributed by atoms with van der Waals surface area (Å²) in [6, 6.07) is 0. The molecule has 1 aliphatic rings. The number of carboxylic acids is 1. The van der Waals surface area contributed by atoms with E-state index in [1.54, 1.807) is 13.8 Å². The first-order valence-electron chi connectivity index (χ1n) is 4.92. The van der Waals surface area contributed by atoms with Crippen molar-refractivity contribution >= 4 is 5.97 Å². The van der Waals surface area contributed by atoms with Gasteiger partial charge in [0.15, 0.2) is 12.4 Å². The molecule has 1 rings (SSSR count). The van der Waals surface area contributed by atoms with Gasteiger partial charge in [-0.2, -0.15) is 0 Å². The molecule has 4 N–H and O–H groups in total. The number of hydrogen-bond donors (Lipinski definition) is 4. The molecule has 1 heterocycles. The van der Waals surface area contributed by atoms with Crippen LogP contribution in [0.5, 0.6) is 0 Å². The summed E-state index contributed by atoms with van der Waals surface area (Å²) in [6.07, 6.45) is -7.95. The third-order valence-corrected chi connectivity index (χ3v) is 2.22. The predicted octanol–water partition coefficient (Wildman–Crippen LogP) is -1.70. The number of carboxylic acid groups (broad SMARTS) is 1. The first-order chi connectivity index (χ1) is 7.34. The molecule has 0 radical (unpaired) electrons. The summed E-state index contributed by atoms with van der Waals surface area (Å²) < 4.78 is 9.97. The van der Waals surface area contributed by atoms with E-state index in [2.05, 4.69) is 0 Å². The monoisotopic (exact) mass is 236 g/mol. The molecule has 94 valence electrons. The zero-order valence-electron chi connectivity index (χ0n) is 8.98.